The third-order valence-electron chi connectivity index (χ3n) is 3.38. The quantitative estimate of drug-likeness (QED) is 0.629. The van der Waals surface area contributed by atoms with Crippen molar-refractivity contribution in [1.82, 2.24) is 9.55 Å². The van der Waals surface area contributed by atoms with Gasteiger partial charge in [-0.2, -0.15) is 0 Å². The number of rotatable bonds is 5. The van der Waals surface area contributed by atoms with Crippen molar-refractivity contribution in [3.63, 3.8) is 0 Å². The van der Waals surface area contributed by atoms with E-state index in [1.54, 1.807) is 12.1 Å². The number of phenolic OH excluding ortho intramolecular Hbond substituents is 1. The minimum atomic E-state index is 0.0760. The number of para-hydroxylation sites is 2. The lowest BCUT2D eigenvalue weighted by Crippen LogP contribution is -2.10. The number of benzene rings is 2. The van der Waals surface area contributed by atoms with Gasteiger partial charge in [0.15, 0.2) is 0 Å². The van der Waals surface area contributed by atoms with Gasteiger partial charge in [-0.25, -0.2) is 4.98 Å². The first kappa shape index (κ1) is 13.5. The maximum Gasteiger partial charge on any atom is 0.129 e. The smallest absolute Gasteiger partial charge is 0.129 e. The van der Waals surface area contributed by atoms with Crippen LogP contribution in [-0.2, 0) is 13.1 Å². The Hall–Kier alpha value is -2.53. The van der Waals surface area contributed by atoms with Crippen LogP contribution in [0.15, 0.2) is 48.5 Å². The molecule has 3 aromatic rings. The molecule has 0 unspecified atom stereocenters. The molecule has 0 radical (unpaired) electrons. The standard InChI is InChI=1S/C16H17N3O2/c20-10-9-19-15-4-2-1-3-14(15)18-16(19)11-17-12-5-7-13(21)8-6-12/h1-8,17,20-21H,9-11H2. The molecular formula is C16H17N3O2. The van der Waals surface area contributed by atoms with E-state index in [0.29, 0.717) is 13.1 Å². The average Bonchev–Trinajstić information content (AvgIpc) is 2.85. The van der Waals surface area contributed by atoms with E-state index in [1.165, 1.54) is 0 Å². The van der Waals surface area contributed by atoms with Gasteiger partial charge in [-0.15, -0.1) is 0 Å². The van der Waals surface area contributed by atoms with Gasteiger partial charge in [0, 0.05) is 12.2 Å². The van der Waals surface area contributed by atoms with Crippen molar-refractivity contribution in [2.75, 3.05) is 11.9 Å². The van der Waals surface area contributed by atoms with Gasteiger partial charge >= 0.3 is 0 Å². The number of imidazole rings is 1. The SMILES string of the molecule is OCCn1c(CNc2ccc(O)cc2)nc2ccccc21. The Morgan fingerprint density at radius 1 is 1.05 bits per heavy atom. The minimum Gasteiger partial charge on any atom is -0.508 e. The number of anilines is 1. The third kappa shape index (κ3) is 2.83. The molecule has 0 aliphatic rings. The summed E-state index contributed by atoms with van der Waals surface area (Å²) in [7, 11) is 0. The first-order valence-electron chi connectivity index (χ1n) is 6.86. The van der Waals surface area contributed by atoms with E-state index in [0.717, 1.165) is 22.5 Å². The van der Waals surface area contributed by atoms with Crippen molar-refractivity contribution in [3.05, 3.63) is 54.4 Å². The largest absolute Gasteiger partial charge is 0.508 e. The second-order valence-electron chi connectivity index (χ2n) is 4.79. The van der Waals surface area contributed by atoms with Gasteiger partial charge in [0.1, 0.15) is 11.6 Å². The lowest BCUT2D eigenvalue weighted by molar-refractivity contribution is 0.276. The summed E-state index contributed by atoms with van der Waals surface area (Å²) in [6.45, 7) is 1.15. The molecule has 0 aliphatic carbocycles. The molecule has 0 fully saturated rings. The molecule has 21 heavy (non-hydrogen) atoms. The predicted octanol–water partition coefficient (Wildman–Crippen LogP) is 2.35. The lowest BCUT2D eigenvalue weighted by atomic mass is 10.3. The fraction of sp³-hybridized carbons (Fsp3) is 0.188. The topological polar surface area (TPSA) is 70.3 Å². The second-order valence-corrected chi connectivity index (χ2v) is 4.79. The average molecular weight is 283 g/mol. The van der Waals surface area contributed by atoms with Crippen LogP contribution in [0.5, 0.6) is 5.75 Å². The molecule has 5 nitrogen and oxygen atoms in total. The Balaban J connectivity index is 1.85. The van der Waals surface area contributed by atoms with E-state index in [-0.39, 0.29) is 12.4 Å². The normalized spacial score (nSPS) is 10.9. The van der Waals surface area contributed by atoms with Crippen LogP contribution in [0.1, 0.15) is 5.82 Å². The maximum atomic E-state index is 9.28. The number of fused-ring (bicyclic) bond motifs is 1. The molecule has 108 valence electrons. The second kappa shape index (κ2) is 5.85. The highest BCUT2D eigenvalue weighted by Crippen LogP contribution is 2.18. The first-order chi connectivity index (χ1) is 10.3. The summed E-state index contributed by atoms with van der Waals surface area (Å²) in [6.07, 6.45) is 0. The summed E-state index contributed by atoms with van der Waals surface area (Å²) in [5.74, 6) is 1.12. The number of aliphatic hydroxyl groups excluding tert-OH is 1. The zero-order valence-corrected chi connectivity index (χ0v) is 11.5. The van der Waals surface area contributed by atoms with Gasteiger partial charge in [-0.3, -0.25) is 0 Å². The van der Waals surface area contributed by atoms with Crippen LogP contribution < -0.4 is 5.32 Å². The molecule has 3 rings (SSSR count). The van der Waals surface area contributed by atoms with E-state index in [1.807, 2.05) is 41.0 Å². The van der Waals surface area contributed by atoms with Gasteiger partial charge in [0.25, 0.3) is 0 Å². The number of hydrogen-bond donors (Lipinski definition) is 3. The number of nitrogens with one attached hydrogen (secondary N) is 1. The zero-order chi connectivity index (χ0) is 14.7. The molecule has 0 bridgehead atoms. The molecule has 0 saturated heterocycles. The summed E-state index contributed by atoms with van der Waals surface area (Å²) < 4.78 is 2.02. The van der Waals surface area contributed by atoms with Crippen LogP contribution in [0.4, 0.5) is 5.69 Å². The summed E-state index contributed by atoms with van der Waals surface area (Å²) in [4.78, 5) is 4.60. The number of aliphatic hydroxyl groups is 1. The van der Waals surface area contributed by atoms with Gasteiger partial charge in [0.05, 0.1) is 24.2 Å². The van der Waals surface area contributed by atoms with Crippen molar-refractivity contribution in [1.29, 1.82) is 0 Å². The first-order valence-corrected chi connectivity index (χ1v) is 6.86. The van der Waals surface area contributed by atoms with Crippen LogP contribution in [0.25, 0.3) is 11.0 Å². The van der Waals surface area contributed by atoms with Gasteiger partial charge in [-0.05, 0) is 36.4 Å². The summed E-state index contributed by atoms with van der Waals surface area (Å²) in [5, 5.41) is 21.8. The van der Waals surface area contributed by atoms with Crippen molar-refractivity contribution in [2.45, 2.75) is 13.1 Å². The number of hydrogen-bond acceptors (Lipinski definition) is 4. The molecule has 0 amide bonds. The molecule has 3 N–H and O–H groups in total. The van der Waals surface area contributed by atoms with Crippen molar-refractivity contribution in [2.24, 2.45) is 0 Å². The molecule has 0 saturated carbocycles. The van der Waals surface area contributed by atoms with Gasteiger partial charge in [-0.1, -0.05) is 12.1 Å². The zero-order valence-electron chi connectivity index (χ0n) is 11.5. The molecule has 0 aliphatic heterocycles. The van der Waals surface area contributed by atoms with E-state index >= 15 is 0 Å². The minimum absolute atomic E-state index is 0.0760. The van der Waals surface area contributed by atoms with Crippen LogP contribution in [0.2, 0.25) is 0 Å². The van der Waals surface area contributed by atoms with E-state index in [2.05, 4.69) is 10.3 Å². The molecule has 5 heteroatoms. The molecule has 0 atom stereocenters. The monoisotopic (exact) mass is 283 g/mol. The third-order valence-corrected chi connectivity index (χ3v) is 3.38. The Kier molecular flexibility index (Phi) is 3.75. The maximum absolute atomic E-state index is 9.28. The Bertz CT molecular complexity index is 735. The highest BCUT2D eigenvalue weighted by Gasteiger charge is 2.09. The molecule has 2 aromatic carbocycles. The number of aromatic hydroxyl groups is 1. The number of nitrogens with zero attached hydrogens (tertiary/aromatic N) is 2. The van der Waals surface area contributed by atoms with E-state index in [9.17, 15) is 10.2 Å². The van der Waals surface area contributed by atoms with Crippen LogP contribution in [0.3, 0.4) is 0 Å². The highest BCUT2D eigenvalue weighted by molar-refractivity contribution is 5.76. The lowest BCUT2D eigenvalue weighted by Gasteiger charge is -2.09. The fourth-order valence-corrected chi connectivity index (χ4v) is 2.37. The molecular weight excluding hydrogens is 266 g/mol. The number of phenols is 1. The van der Waals surface area contributed by atoms with Crippen LogP contribution in [0, 0.1) is 0 Å². The van der Waals surface area contributed by atoms with Crippen molar-refractivity contribution >= 4 is 16.7 Å². The molecule has 1 aromatic heterocycles. The molecule has 0 spiro atoms. The number of aromatic nitrogens is 2. The van der Waals surface area contributed by atoms with E-state index < -0.39 is 0 Å². The summed E-state index contributed by atoms with van der Waals surface area (Å²) in [6, 6.07) is 14.8. The van der Waals surface area contributed by atoms with Crippen LogP contribution in [-0.4, -0.2) is 26.4 Å². The molecule has 1 heterocycles. The van der Waals surface area contributed by atoms with E-state index in [4.69, 9.17) is 0 Å². The van der Waals surface area contributed by atoms with Crippen molar-refractivity contribution < 1.29 is 10.2 Å². The summed E-state index contributed by atoms with van der Waals surface area (Å²) in [5.41, 5.74) is 2.86. The predicted molar refractivity (Wildman–Crippen MR) is 82.3 cm³/mol. The summed E-state index contributed by atoms with van der Waals surface area (Å²) >= 11 is 0. The van der Waals surface area contributed by atoms with Crippen LogP contribution >= 0.6 is 0 Å². The van der Waals surface area contributed by atoms with Gasteiger partial charge in [0.2, 0.25) is 0 Å². The Morgan fingerprint density at radius 3 is 2.57 bits per heavy atom. The highest BCUT2D eigenvalue weighted by atomic mass is 16.3. The Labute approximate surface area is 122 Å². The Morgan fingerprint density at radius 2 is 1.81 bits per heavy atom. The van der Waals surface area contributed by atoms with Gasteiger partial charge < -0.3 is 20.1 Å². The van der Waals surface area contributed by atoms with Crippen molar-refractivity contribution in [3.8, 4) is 5.75 Å². The fourth-order valence-electron chi connectivity index (χ4n) is 2.37.